The number of rotatable bonds is 6. The zero-order valence-corrected chi connectivity index (χ0v) is 21.7. The number of carbonyl (C=O) groups excluding carboxylic acids is 1. The fourth-order valence-electron chi connectivity index (χ4n) is 4.82. The molecule has 1 N–H and O–H groups in total. The van der Waals surface area contributed by atoms with Gasteiger partial charge in [0.15, 0.2) is 5.96 Å². The zero-order valence-electron chi connectivity index (χ0n) is 19.4. The van der Waals surface area contributed by atoms with E-state index >= 15 is 0 Å². The van der Waals surface area contributed by atoms with Crippen molar-refractivity contribution in [2.45, 2.75) is 51.0 Å². The summed E-state index contributed by atoms with van der Waals surface area (Å²) in [5.74, 6) is 1.04. The molecule has 3 aliphatic rings. The average Bonchev–Trinajstić information content (AvgIpc) is 3.38. The first kappa shape index (κ1) is 25.2. The van der Waals surface area contributed by atoms with Crippen molar-refractivity contribution >= 4 is 35.8 Å². The van der Waals surface area contributed by atoms with E-state index < -0.39 is 0 Å². The van der Waals surface area contributed by atoms with Crippen LogP contribution in [0.25, 0.3) is 0 Å². The standard InChI is InChI=1S/C24H36FN5O.HI/c1-3-26-23(27-18-24(10-11-24)20-6-8-21(25)9-7-20)30-16-14-28(15-17-30)19(2)22(31)29-12-4-5-13-29;/h6-9,19H,3-5,10-18H2,1-2H3,(H,26,27);1H. The lowest BCUT2D eigenvalue weighted by Gasteiger charge is -2.39. The zero-order chi connectivity index (χ0) is 21.8. The number of halogens is 2. The Labute approximate surface area is 208 Å². The van der Waals surface area contributed by atoms with Crippen LogP contribution in [0.5, 0.6) is 0 Å². The van der Waals surface area contributed by atoms with Crippen LogP contribution in [-0.2, 0) is 10.2 Å². The van der Waals surface area contributed by atoms with Crippen molar-refractivity contribution in [3.8, 4) is 0 Å². The Morgan fingerprint density at radius 1 is 1.06 bits per heavy atom. The molecule has 3 fully saturated rings. The fourth-order valence-corrected chi connectivity index (χ4v) is 4.82. The molecule has 1 saturated carbocycles. The molecule has 1 aromatic carbocycles. The maximum atomic E-state index is 13.3. The van der Waals surface area contributed by atoms with Crippen LogP contribution in [0, 0.1) is 5.82 Å². The van der Waals surface area contributed by atoms with E-state index in [2.05, 4.69) is 29.0 Å². The van der Waals surface area contributed by atoms with Crippen LogP contribution in [0.15, 0.2) is 29.3 Å². The summed E-state index contributed by atoms with van der Waals surface area (Å²) in [5.41, 5.74) is 1.25. The maximum absolute atomic E-state index is 13.3. The summed E-state index contributed by atoms with van der Waals surface area (Å²) in [4.78, 5) is 24.4. The summed E-state index contributed by atoms with van der Waals surface area (Å²) >= 11 is 0. The Morgan fingerprint density at radius 2 is 1.69 bits per heavy atom. The molecule has 0 radical (unpaired) electrons. The number of likely N-dealkylation sites (tertiary alicyclic amines) is 1. The smallest absolute Gasteiger partial charge is 0.239 e. The van der Waals surface area contributed by atoms with Gasteiger partial charge in [-0.1, -0.05) is 12.1 Å². The summed E-state index contributed by atoms with van der Waals surface area (Å²) in [6.45, 7) is 11.0. The third-order valence-electron chi connectivity index (χ3n) is 7.11. The van der Waals surface area contributed by atoms with Crippen molar-refractivity contribution in [1.82, 2.24) is 20.0 Å². The number of hydrogen-bond acceptors (Lipinski definition) is 3. The Balaban J connectivity index is 0.00000289. The number of piperazine rings is 1. The van der Waals surface area contributed by atoms with Gasteiger partial charge in [-0.2, -0.15) is 0 Å². The van der Waals surface area contributed by atoms with Gasteiger partial charge in [0.25, 0.3) is 0 Å². The fraction of sp³-hybridized carbons (Fsp3) is 0.667. The molecular weight excluding hydrogens is 520 g/mol. The monoisotopic (exact) mass is 557 g/mol. The second-order valence-electron chi connectivity index (χ2n) is 9.19. The molecule has 4 rings (SSSR count). The van der Waals surface area contributed by atoms with E-state index in [-0.39, 0.29) is 47.2 Å². The van der Waals surface area contributed by atoms with Gasteiger partial charge >= 0.3 is 0 Å². The van der Waals surface area contributed by atoms with Crippen LogP contribution in [0.2, 0.25) is 0 Å². The van der Waals surface area contributed by atoms with Crippen molar-refractivity contribution in [2.75, 3.05) is 52.4 Å². The highest BCUT2D eigenvalue weighted by molar-refractivity contribution is 14.0. The van der Waals surface area contributed by atoms with Crippen molar-refractivity contribution in [3.05, 3.63) is 35.6 Å². The molecule has 0 bridgehead atoms. The molecule has 6 nitrogen and oxygen atoms in total. The van der Waals surface area contributed by atoms with Gasteiger partial charge in [-0.25, -0.2) is 4.39 Å². The normalized spacial score (nSPS) is 21.8. The molecule has 0 aromatic heterocycles. The largest absolute Gasteiger partial charge is 0.357 e. The summed E-state index contributed by atoms with van der Waals surface area (Å²) in [6, 6.07) is 6.86. The number of guanidine groups is 1. The highest BCUT2D eigenvalue weighted by Crippen LogP contribution is 2.48. The van der Waals surface area contributed by atoms with Crippen LogP contribution in [-0.4, -0.2) is 85.0 Å². The van der Waals surface area contributed by atoms with Crippen LogP contribution in [0.4, 0.5) is 4.39 Å². The van der Waals surface area contributed by atoms with Crippen molar-refractivity contribution in [2.24, 2.45) is 4.99 Å². The highest BCUT2D eigenvalue weighted by atomic mass is 127. The van der Waals surface area contributed by atoms with Crippen molar-refractivity contribution in [3.63, 3.8) is 0 Å². The van der Waals surface area contributed by atoms with E-state index in [1.807, 2.05) is 17.0 Å². The van der Waals surface area contributed by atoms with Gasteiger partial charge in [0.05, 0.1) is 12.6 Å². The van der Waals surface area contributed by atoms with Gasteiger partial charge in [0.2, 0.25) is 5.91 Å². The summed E-state index contributed by atoms with van der Waals surface area (Å²) in [5, 5.41) is 3.45. The quantitative estimate of drug-likeness (QED) is 0.332. The second-order valence-corrected chi connectivity index (χ2v) is 9.19. The van der Waals surface area contributed by atoms with Gasteiger partial charge in [-0.3, -0.25) is 14.7 Å². The van der Waals surface area contributed by atoms with E-state index in [1.54, 1.807) is 12.1 Å². The van der Waals surface area contributed by atoms with Gasteiger partial charge in [-0.15, -0.1) is 24.0 Å². The highest BCUT2D eigenvalue weighted by Gasteiger charge is 2.44. The van der Waals surface area contributed by atoms with Crippen molar-refractivity contribution < 1.29 is 9.18 Å². The lowest BCUT2D eigenvalue weighted by Crippen LogP contribution is -2.57. The first-order valence-corrected chi connectivity index (χ1v) is 11.8. The minimum Gasteiger partial charge on any atom is -0.357 e. The van der Waals surface area contributed by atoms with Crippen molar-refractivity contribution in [1.29, 1.82) is 0 Å². The summed E-state index contributed by atoms with van der Waals surface area (Å²) in [7, 11) is 0. The van der Waals surface area contributed by atoms with E-state index in [0.29, 0.717) is 0 Å². The third kappa shape index (κ3) is 5.73. The number of benzene rings is 1. The maximum Gasteiger partial charge on any atom is 0.239 e. The molecule has 178 valence electrons. The van der Waals surface area contributed by atoms with Crippen LogP contribution in [0.3, 0.4) is 0 Å². The number of nitrogens with zero attached hydrogens (tertiary/aromatic N) is 4. The first-order chi connectivity index (χ1) is 15.0. The van der Waals surface area contributed by atoms with Crippen LogP contribution >= 0.6 is 24.0 Å². The van der Waals surface area contributed by atoms with Gasteiger partial charge in [0, 0.05) is 51.2 Å². The first-order valence-electron chi connectivity index (χ1n) is 11.8. The molecule has 1 amide bonds. The third-order valence-corrected chi connectivity index (χ3v) is 7.11. The molecule has 2 saturated heterocycles. The molecule has 32 heavy (non-hydrogen) atoms. The van der Waals surface area contributed by atoms with Crippen LogP contribution in [0.1, 0.15) is 45.1 Å². The number of hydrogen-bond donors (Lipinski definition) is 1. The van der Waals surface area contributed by atoms with E-state index in [0.717, 1.165) is 84.0 Å². The predicted molar refractivity (Wildman–Crippen MR) is 137 cm³/mol. The summed E-state index contributed by atoms with van der Waals surface area (Å²) < 4.78 is 13.3. The van der Waals surface area contributed by atoms with Gasteiger partial charge in [0.1, 0.15) is 5.82 Å². The summed E-state index contributed by atoms with van der Waals surface area (Å²) in [6.07, 6.45) is 4.47. The molecule has 1 aliphatic carbocycles. The number of aliphatic imine (C=N–C) groups is 1. The van der Waals surface area contributed by atoms with E-state index in [4.69, 9.17) is 4.99 Å². The molecule has 2 aliphatic heterocycles. The van der Waals surface area contributed by atoms with E-state index in [1.165, 1.54) is 5.56 Å². The second kappa shape index (κ2) is 11.1. The SMILES string of the molecule is CCNC(=NCC1(c2ccc(F)cc2)CC1)N1CCN(C(C)C(=O)N2CCCC2)CC1.I. The average molecular weight is 557 g/mol. The number of carbonyl (C=O) groups is 1. The molecular formula is C24H37FIN5O. The van der Waals surface area contributed by atoms with E-state index in [9.17, 15) is 9.18 Å². The molecule has 0 spiro atoms. The minimum atomic E-state index is -0.188. The molecule has 1 unspecified atom stereocenters. The van der Waals surface area contributed by atoms with Gasteiger partial charge in [-0.05, 0) is 57.2 Å². The predicted octanol–water partition coefficient (Wildman–Crippen LogP) is 3.07. The minimum absolute atomic E-state index is 0. The topological polar surface area (TPSA) is 51.2 Å². The lowest BCUT2D eigenvalue weighted by atomic mass is 9.96. The number of nitrogens with one attached hydrogen (secondary N) is 1. The molecule has 2 heterocycles. The Bertz CT molecular complexity index is 784. The Morgan fingerprint density at radius 3 is 2.25 bits per heavy atom. The molecule has 8 heteroatoms. The Hall–Kier alpha value is -1.42. The number of amides is 1. The van der Waals surface area contributed by atoms with Gasteiger partial charge < -0.3 is 15.1 Å². The molecule has 1 aromatic rings. The molecule has 1 atom stereocenters. The lowest BCUT2D eigenvalue weighted by molar-refractivity contribution is -0.135. The Kier molecular flexibility index (Phi) is 8.77. The van der Waals surface area contributed by atoms with Crippen LogP contribution < -0.4 is 5.32 Å².